The maximum atomic E-state index is 10.2. The Morgan fingerprint density at radius 2 is 1.77 bits per heavy atom. The molecule has 0 saturated heterocycles. The molecule has 0 unspecified atom stereocenters. The van der Waals surface area contributed by atoms with Gasteiger partial charge in [-0.2, -0.15) is 0 Å². The summed E-state index contributed by atoms with van der Waals surface area (Å²) in [4.78, 5) is 10.2. The van der Waals surface area contributed by atoms with Crippen molar-refractivity contribution in [3.05, 3.63) is 47.5 Å². The van der Waals surface area contributed by atoms with Crippen LogP contribution in [0, 0.1) is 0 Å². The van der Waals surface area contributed by atoms with E-state index in [1.165, 1.54) is 11.6 Å². The summed E-state index contributed by atoms with van der Waals surface area (Å²) >= 11 is 1.36. The molecule has 0 spiro atoms. The Labute approximate surface area is 79.5 Å². The number of carboxylic acid groups (broad SMARTS) is 1. The van der Waals surface area contributed by atoms with Gasteiger partial charge in [0.1, 0.15) is 6.26 Å². The first-order valence-corrected chi connectivity index (χ1v) is 4.36. The molecule has 0 radical (unpaired) electrons. The quantitative estimate of drug-likeness (QED) is 0.762. The standard InChI is InChI=1S/C7H6O2.C2H2OS/c8-7(9)6-4-2-1-3-5-6;1-2-4-3-1/h1-5H,(H,8,9);1-2H. The fourth-order valence-electron chi connectivity index (χ4n) is 0.636. The van der Waals surface area contributed by atoms with Crippen LogP contribution in [0.2, 0.25) is 0 Å². The Hall–Kier alpha value is -1.55. The fraction of sp³-hybridized carbons (Fsp3) is 0. The summed E-state index contributed by atoms with van der Waals surface area (Å²) in [6.45, 7) is 0. The summed E-state index contributed by atoms with van der Waals surface area (Å²) in [6, 6.07) is 8.30. The maximum Gasteiger partial charge on any atom is 0.335 e. The van der Waals surface area contributed by atoms with E-state index in [4.69, 9.17) is 5.11 Å². The molecule has 1 N–H and O–H groups in total. The number of benzene rings is 1. The fourth-order valence-corrected chi connectivity index (χ4v) is 0.747. The molecule has 3 nitrogen and oxygen atoms in total. The molecule has 0 aliphatic carbocycles. The van der Waals surface area contributed by atoms with Crippen molar-refractivity contribution in [3.63, 3.8) is 0 Å². The lowest BCUT2D eigenvalue weighted by Gasteiger charge is -1.88. The average Bonchev–Trinajstić information content (AvgIpc) is 2.03. The second-order valence-corrected chi connectivity index (χ2v) is 2.79. The van der Waals surface area contributed by atoms with Gasteiger partial charge in [-0.25, -0.2) is 4.79 Å². The monoisotopic (exact) mass is 196 g/mol. The highest BCUT2D eigenvalue weighted by molar-refractivity contribution is 7.01. The number of rotatable bonds is 1. The van der Waals surface area contributed by atoms with Crippen molar-refractivity contribution in [1.82, 2.24) is 0 Å². The second kappa shape index (κ2) is 5.16. The minimum absolute atomic E-state index is 0.331. The van der Waals surface area contributed by atoms with Crippen LogP contribution in [0.15, 0.2) is 45.8 Å². The highest BCUT2D eigenvalue weighted by atomic mass is 32.1. The normalized spacial score (nSPS) is 8.62. The van der Waals surface area contributed by atoms with E-state index in [1.54, 1.807) is 36.6 Å². The topological polar surface area (TPSA) is 50.4 Å². The van der Waals surface area contributed by atoms with Gasteiger partial charge >= 0.3 is 5.97 Å². The van der Waals surface area contributed by atoms with Gasteiger partial charge in [-0.3, -0.25) is 0 Å². The van der Waals surface area contributed by atoms with Crippen molar-refractivity contribution >= 4 is 17.6 Å². The van der Waals surface area contributed by atoms with E-state index in [0.29, 0.717) is 5.56 Å². The summed E-state index contributed by atoms with van der Waals surface area (Å²) in [7, 11) is 0. The molecule has 68 valence electrons. The summed E-state index contributed by atoms with van der Waals surface area (Å²) in [5.74, 6) is -0.879. The third-order valence-electron chi connectivity index (χ3n) is 1.24. The van der Waals surface area contributed by atoms with Gasteiger partial charge in [0, 0.05) is 11.6 Å². The Morgan fingerprint density at radius 1 is 1.31 bits per heavy atom. The van der Waals surface area contributed by atoms with E-state index < -0.39 is 5.97 Å². The van der Waals surface area contributed by atoms with Crippen LogP contribution in [-0.2, 0) is 0 Å². The number of aromatic carboxylic acids is 1. The zero-order valence-electron chi connectivity index (χ0n) is 6.71. The molecule has 1 aromatic carbocycles. The second-order valence-electron chi connectivity index (χ2n) is 2.14. The maximum absolute atomic E-state index is 10.2. The highest BCUT2D eigenvalue weighted by Crippen LogP contribution is 1.96. The van der Waals surface area contributed by atoms with Gasteiger partial charge in [-0.05, 0) is 12.1 Å². The molecule has 0 amide bonds. The molecular weight excluding hydrogens is 188 g/mol. The molecule has 0 aliphatic heterocycles. The predicted molar refractivity (Wildman–Crippen MR) is 50.0 cm³/mol. The highest BCUT2D eigenvalue weighted by Gasteiger charge is 1.96. The first-order valence-electron chi connectivity index (χ1n) is 3.56. The van der Waals surface area contributed by atoms with E-state index in [9.17, 15) is 4.79 Å². The van der Waals surface area contributed by atoms with E-state index >= 15 is 0 Å². The Kier molecular flexibility index (Phi) is 3.78. The molecule has 13 heavy (non-hydrogen) atoms. The van der Waals surface area contributed by atoms with Crippen LogP contribution >= 0.6 is 11.6 Å². The van der Waals surface area contributed by atoms with Gasteiger partial charge in [-0.1, -0.05) is 18.2 Å². The molecule has 4 heteroatoms. The smallest absolute Gasteiger partial charge is 0.335 e. The van der Waals surface area contributed by atoms with Crippen LogP contribution in [0.3, 0.4) is 0 Å². The molecule has 2 rings (SSSR count). The minimum atomic E-state index is -0.879. The van der Waals surface area contributed by atoms with Crippen LogP contribution in [0.1, 0.15) is 10.4 Å². The Balaban J connectivity index is 0.000000175. The largest absolute Gasteiger partial charge is 0.478 e. The van der Waals surface area contributed by atoms with Crippen molar-refractivity contribution in [1.29, 1.82) is 0 Å². The van der Waals surface area contributed by atoms with Gasteiger partial charge in [0.05, 0.1) is 10.9 Å². The zero-order valence-corrected chi connectivity index (χ0v) is 7.53. The molecule has 0 aliphatic rings. The summed E-state index contributed by atoms with van der Waals surface area (Å²) < 4.78 is 4.46. The lowest BCUT2D eigenvalue weighted by molar-refractivity contribution is 0.0697. The SMILES string of the molecule is O=C(O)c1ccccc1.c1cso1. The van der Waals surface area contributed by atoms with Crippen molar-refractivity contribution in [2.24, 2.45) is 0 Å². The third kappa shape index (κ3) is 3.57. The molecule has 0 fully saturated rings. The van der Waals surface area contributed by atoms with Crippen molar-refractivity contribution < 1.29 is 13.8 Å². The van der Waals surface area contributed by atoms with Crippen molar-refractivity contribution in [2.45, 2.75) is 0 Å². The zero-order chi connectivity index (χ0) is 9.52. The van der Waals surface area contributed by atoms with Gasteiger partial charge in [0.25, 0.3) is 0 Å². The molecule has 1 aromatic heterocycles. The van der Waals surface area contributed by atoms with E-state index in [1.807, 2.05) is 5.38 Å². The molecule has 0 saturated carbocycles. The van der Waals surface area contributed by atoms with Crippen molar-refractivity contribution in [2.75, 3.05) is 0 Å². The third-order valence-corrected chi connectivity index (χ3v) is 1.69. The number of carboxylic acids is 1. The minimum Gasteiger partial charge on any atom is -0.478 e. The predicted octanol–water partition coefficient (Wildman–Crippen LogP) is 2.73. The molecule has 0 atom stereocenters. The van der Waals surface area contributed by atoms with Crippen LogP contribution in [0.25, 0.3) is 0 Å². The van der Waals surface area contributed by atoms with Crippen LogP contribution < -0.4 is 0 Å². The Bertz CT molecular complexity index is 315. The Morgan fingerprint density at radius 3 is 2.00 bits per heavy atom. The first-order chi connectivity index (χ1) is 6.30. The molecule has 2 aromatic rings. The lowest BCUT2D eigenvalue weighted by Crippen LogP contribution is -1.93. The van der Waals surface area contributed by atoms with Gasteiger partial charge in [-0.15, -0.1) is 0 Å². The first kappa shape index (κ1) is 9.54. The summed E-state index contributed by atoms with van der Waals surface area (Å²) in [5, 5.41) is 10.3. The van der Waals surface area contributed by atoms with E-state index in [0.717, 1.165) is 0 Å². The number of carbonyl (C=O) groups is 1. The van der Waals surface area contributed by atoms with Gasteiger partial charge < -0.3 is 8.96 Å². The average molecular weight is 196 g/mol. The lowest BCUT2D eigenvalue weighted by atomic mass is 10.2. The van der Waals surface area contributed by atoms with E-state index in [2.05, 4.69) is 3.85 Å². The molecule has 1 heterocycles. The van der Waals surface area contributed by atoms with Crippen LogP contribution in [0.4, 0.5) is 0 Å². The van der Waals surface area contributed by atoms with Gasteiger partial charge in [0.15, 0.2) is 0 Å². The van der Waals surface area contributed by atoms with E-state index in [-0.39, 0.29) is 0 Å². The summed E-state index contributed by atoms with van der Waals surface area (Å²) in [5.41, 5.74) is 0.331. The molecular formula is C9H8O3S. The summed E-state index contributed by atoms with van der Waals surface area (Å²) in [6.07, 6.45) is 1.64. The van der Waals surface area contributed by atoms with Crippen LogP contribution in [-0.4, -0.2) is 11.1 Å². The van der Waals surface area contributed by atoms with Gasteiger partial charge in [0.2, 0.25) is 0 Å². The van der Waals surface area contributed by atoms with Crippen molar-refractivity contribution in [3.8, 4) is 0 Å². The van der Waals surface area contributed by atoms with Crippen LogP contribution in [0.5, 0.6) is 0 Å². The number of hydrogen-bond donors (Lipinski definition) is 1. The number of hydrogen-bond acceptors (Lipinski definition) is 3. The molecule has 0 bridgehead atoms.